The number of para-hydroxylation sites is 1. The van der Waals surface area contributed by atoms with Crippen LogP contribution in [0.2, 0.25) is 0 Å². The minimum absolute atomic E-state index is 1.08. The first-order valence-electron chi connectivity index (χ1n) is 10.3. The number of benzene rings is 5. The first-order chi connectivity index (χ1) is 15.3. The lowest BCUT2D eigenvalue weighted by Gasteiger charge is -2.26. The number of aromatic nitrogens is 1. The van der Waals surface area contributed by atoms with Crippen LogP contribution in [-0.2, 0) is 0 Å². The highest BCUT2D eigenvalue weighted by molar-refractivity contribution is 9.10. The topological polar surface area (TPSA) is 19.0 Å². The zero-order valence-corrected chi connectivity index (χ0v) is 18.3. The Morgan fingerprint density at radius 3 is 2.00 bits per heavy atom. The van der Waals surface area contributed by atoms with Gasteiger partial charge < -0.3 is 9.88 Å². The van der Waals surface area contributed by atoms with Crippen LogP contribution in [0.4, 0.5) is 17.1 Å². The molecule has 3 heteroatoms. The summed E-state index contributed by atoms with van der Waals surface area (Å²) in [7, 11) is 0. The van der Waals surface area contributed by atoms with Crippen LogP contribution >= 0.6 is 15.9 Å². The molecule has 0 bridgehead atoms. The summed E-state index contributed by atoms with van der Waals surface area (Å²) >= 11 is 3.58. The number of aromatic amines is 1. The van der Waals surface area contributed by atoms with Gasteiger partial charge in [0.15, 0.2) is 0 Å². The second kappa shape index (κ2) is 7.29. The fourth-order valence-electron chi connectivity index (χ4n) is 4.35. The van der Waals surface area contributed by atoms with Gasteiger partial charge in [0.25, 0.3) is 0 Å². The second-order valence-electron chi connectivity index (χ2n) is 7.75. The van der Waals surface area contributed by atoms with Gasteiger partial charge in [-0.25, -0.2) is 0 Å². The van der Waals surface area contributed by atoms with Crippen molar-refractivity contribution in [3.63, 3.8) is 0 Å². The van der Waals surface area contributed by atoms with E-state index in [4.69, 9.17) is 0 Å². The maximum atomic E-state index is 3.59. The van der Waals surface area contributed by atoms with Crippen LogP contribution in [0.25, 0.3) is 32.6 Å². The van der Waals surface area contributed by atoms with Crippen molar-refractivity contribution in [2.24, 2.45) is 0 Å². The number of rotatable bonds is 3. The molecule has 31 heavy (non-hydrogen) atoms. The molecule has 0 aliphatic carbocycles. The molecule has 1 heterocycles. The van der Waals surface area contributed by atoms with Crippen LogP contribution in [0.15, 0.2) is 114 Å². The molecule has 5 aromatic carbocycles. The van der Waals surface area contributed by atoms with Gasteiger partial charge in [0.05, 0.1) is 0 Å². The lowest BCUT2D eigenvalue weighted by atomic mass is 10.1. The third kappa shape index (κ3) is 3.18. The summed E-state index contributed by atoms with van der Waals surface area (Å²) in [5.41, 5.74) is 5.67. The average molecular weight is 463 g/mol. The molecule has 2 nitrogen and oxygen atoms in total. The van der Waals surface area contributed by atoms with Gasteiger partial charge in [0, 0.05) is 43.3 Å². The van der Waals surface area contributed by atoms with Crippen molar-refractivity contribution < 1.29 is 0 Å². The van der Waals surface area contributed by atoms with Crippen molar-refractivity contribution >= 4 is 65.6 Å². The molecule has 0 aliphatic heterocycles. The van der Waals surface area contributed by atoms with Crippen LogP contribution in [0, 0.1) is 0 Å². The summed E-state index contributed by atoms with van der Waals surface area (Å²) in [6.45, 7) is 0. The molecule has 0 saturated carbocycles. The van der Waals surface area contributed by atoms with Gasteiger partial charge in [-0.05, 0) is 59.3 Å². The van der Waals surface area contributed by atoms with Gasteiger partial charge in [-0.3, -0.25) is 0 Å². The molecule has 0 spiro atoms. The number of nitrogens with one attached hydrogen (secondary N) is 1. The molecule has 0 saturated heterocycles. The quantitative estimate of drug-likeness (QED) is 0.278. The van der Waals surface area contributed by atoms with Crippen LogP contribution in [0.1, 0.15) is 0 Å². The van der Waals surface area contributed by atoms with Gasteiger partial charge in [-0.15, -0.1) is 0 Å². The minimum atomic E-state index is 1.08. The molecular formula is C28H19BrN2. The zero-order valence-electron chi connectivity index (χ0n) is 16.7. The average Bonchev–Trinajstić information content (AvgIpc) is 3.16. The van der Waals surface area contributed by atoms with Crippen LogP contribution < -0.4 is 4.90 Å². The van der Waals surface area contributed by atoms with Gasteiger partial charge in [-0.1, -0.05) is 76.6 Å². The first-order valence-corrected chi connectivity index (χ1v) is 11.1. The third-order valence-corrected chi connectivity index (χ3v) is 6.30. The van der Waals surface area contributed by atoms with E-state index < -0.39 is 0 Å². The summed E-state index contributed by atoms with van der Waals surface area (Å²) in [5.74, 6) is 0. The smallest absolute Gasteiger partial charge is 0.0485 e. The van der Waals surface area contributed by atoms with Crippen molar-refractivity contribution in [2.45, 2.75) is 0 Å². The summed E-state index contributed by atoms with van der Waals surface area (Å²) in [6, 6.07) is 38.7. The molecule has 6 rings (SSSR count). The number of hydrogen-bond donors (Lipinski definition) is 1. The van der Waals surface area contributed by atoms with E-state index in [1.807, 2.05) is 0 Å². The lowest BCUT2D eigenvalue weighted by molar-refractivity contribution is 1.29. The van der Waals surface area contributed by atoms with E-state index in [-0.39, 0.29) is 0 Å². The van der Waals surface area contributed by atoms with Crippen molar-refractivity contribution in [1.82, 2.24) is 4.98 Å². The third-order valence-electron chi connectivity index (χ3n) is 5.81. The monoisotopic (exact) mass is 462 g/mol. The number of fused-ring (bicyclic) bond motifs is 4. The zero-order chi connectivity index (χ0) is 20.8. The highest BCUT2D eigenvalue weighted by atomic mass is 79.9. The Labute approximate surface area is 188 Å². The van der Waals surface area contributed by atoms with Gasteiger partial charge in [-0.2, -0.15) is 0 Å². The maximum Gasteiger partial charge on any atom is 0.0485 e. The Balaban J connectivity index is 1.56. The van der Waals surface area contributed by atoms with Gasteiger partial charge in [0.2, 0.25) is 0 Å². The number of anilines is 3. The molecule has 0 amide bonds. The van der Waals surface area contributed by atoms with Crippen molar-refractivity contribution in [3.8, 4) is 0 Å². The van der Waals surface area contributed by atoms with Gasteiger partial charge in [0.1, 0.15) is 0 Å². The fourth-order valence-corrected chi connectivity index (χ4v) is 4.71. The number of hydrogen-bond acceptors (Lipinski definition) is 1. The fraction of sp³-hybridized carbons (Fsp3) is 0. The minimum Gasteiger partial charge on any atom is -0.354 e. The maximum absolute atomic E-state index is 3.59. The lowest BCUT2D eigenvalue weighted by Crippen LogP contribution is -2.09. The van der Waals surface area contributed by atoms with E-state index in [0.29, 0.717) is 0 Å². The van der Waals surface area contributed by atoms with Crippen LogP contribution in [0.3, 0.4) is 0 Å². The van der Waals surface area contributed by atoms with Crippen molar-refractivity contribution in [3.05, 3.63) is 114 Å². The van der Waals surface area contributed by atoms with E-state index >= 15 is 0 Å². The van der Waals surface area contributed by atoms with E-state index in [2.05, 4.69) is 135 Å². The largest absolute Gasteiger partial charge is 0.354 e. The Morgan fingerprint density at radius 1 is 0.516 bits per heavy atom. The normalized spacial score (nSPS) is 11.4. The second-order valence-corrected chi connectivity index (χ2v) is 8.66. The Bertz CT molecular complexity index is 1550. The van der Waals surface area contributed by atoms with Gasteiger partial charge >= 0.3 is 0 Å². The number of halogens is 1. The predicted octanol–water partition coefficient (Wildman–Crippen LogP) is 8.71. The van der Waals surface area contributed by atoms with E-state index in [9.17, 15) is 0 Å². The molecule has 0 unspecified atom stereocenters. The predicted molar refractivity (Wildman–Crippen MR) is 136 cm³/mol. The molecular weight excluding hydrogens is 444 g/mol. The summed E-state index contributed by atoms with van der Waals surface area (Å²) in [5, 5.41) is 4.95. The molecule has 148 valence electrons. The number of H-pyrrole nitrogens is 1. The number of nitrogens with zero attached hydrogens (tertiary/aromatic N) is 1. The van der Waals surface area contributed by atoms with Crippen molar-refractivity contribution in [2.75, 3.05) is 4.90 Å². The highest BCUT2D eigenvalue weighted by Crippen LogP contribution is 2.38. The molecule has 6 aromatic rings. The van der Waals surface area contributed by atoms with Crippen LogP contribution in [0.5, 0.6) is 0 Å². The first kappa shape index (κ1) is 18.2. The Kier molecular flexibility index (Phi) is 4.29. The molecule has 0 aliphatic rings. The Hall–Kier alpha value is -3.56. The Morgan fingerprint density at radius 2 is 1.16 bits per heavy atom. The molecule has 1 N–H and O–H groups in total. The van der Waals surface area contributed by atoms with E-state index in [1.165, 1.54) is 21.5 Å². The SMILES string of the molecule is Brc1ccc2c(c1)[nH]c1cc(N(c3ccccc3)c3ccc4ccccc4c3)ccc12. The molecule has 1 aromatic heterocycles. The van der Waals surface area contributed by atoms with E-state index in [1.54, 1.807) is 0 Å². The van der Waals surface area contributed by atoms with Crippen molar-refractivity contribution in [1.29, 1.82) is 0 Å². The molecule has 0 fully saturated rings. The van der Waals surface area contributed by atoms with Crippen LogP contribution in [-0.4, -0.2) is 4.98 Å². The summed E-state index contributed by atoms with van der Waals surface area (Å²) < 4.78 is 1.08. The molecule has 0 radical (unpaired) electrons. The van der Waals surface area contributed by atoms with E-state index in [0.717, 1.165) is 32.6 Å². The highest BCUT2D eigenvalue weighted by Gasteiger charge is 2.14. The standard InChI is InChI=1S/C28H19BrN2/c29-21-11-14-25-26-15-13-24(18-28(26)30-27(25)17-21)31(22-8-2-1-3-9-22)23-12-10-19-6-4-5-7-20(19)16-23/h1-18,30H. The summed E-state index contributed by atoms with van der Waals surface area (Å²) in [6.07, 6.45) is 0. The molecule has 0 atom stereocenters. The summed E-state index contributed by atoms with van der Waals surface area (Å²) in [4.78, 5) is 5.90.